The van der Waals surface area contributed by atoms with Crippen LogP contribution in [0.2, 0.25) is 0 Å². The molecule has 0 radical (unpaired) electrons. The highest BCUT2D eigenvalue weighted by atomic mass is 17.1. The van der Waals surface area contributed by atoms with Crippen molar-refractivity contribution < 1.29 is 9.68 Å². The van der Waals surface area contributed by atoms with Crippen LogP contribution in [0.4, 0.5) is 0 Å². The molecule has 1 unspecified atom stereocenters. The van der Waals surface area contributed by atoms with Gasteiger partial charge in [0.1, 0.15) is 6.26 Å². The van der Waals surface area contributed by atoms with E-state index in [1.807, 2.05) is 0 Å². The molecule has 60 valence electrons. The van der Waals surface area contributed by atoms with E-state index in [2.05, 4.69) is 9.68 Å². The minimum atomic E-state index is -0.666. The average Bonchev–Trinajstić information content (AvgIpc) is 2.30. The van der Waals surface area contributed by atoms with E-state index >= 15 is 0 Å². The van der Waals surface area contributed by atoms with Crippen molar-refractivity contribution in [2.75, 3.05) is 0 Å². The first-order valence-electron chi connectivity index (χ1n) is 2.93. The summed E-state index contributed by atoms with van der Waals surface area (Å²) in [6.45, 7) is 0. The van der Waals surface area contributed by atoms with E-state index in [1.54, 1.807) is 0 Å². The molecule has 0 amide bonds. The van der Waals surface area contributed by atoms with Crippen molar-refractivity contribution in [2.24, 2.45) is 0 Å². The molecule has 0 aliphatic carbocycles. The van der Waals surface area contributed by atoms with Gasteiger partial charge in [0.25, 0.3) is 0 Å². The number of rotatable bonds is 0. The number of hydroxylamine groups is 4. The first-order chi connectivity index (χ1) is 5.29. The fourth-order valence-electron chi connectivity index (χ4n) is 0.897. The quantitative estimate of drug-likeness (QED) is 0.498. The summed E-state index contributed by atoms with van der Waals surface area (Å²) in [6, 6.07) is -0.666. The van der Waals surface area contributed by atoms with Gasteiger partial charge in [-0.2, -0.15) is 0 Å². The Morgan fingerprint density at radius 3 is 3.00 bits per heavy atom. The van der Waals surface area contributed by atoms with E-state index in [0.29, 0.717) is 0 Å². The summed E-state index contributed by atoms with van der Waals surface area (Å²) in [4.78, 5) is 4.16. The largest absolute Gasteiger partial charge is 0.759 e. The average molecular weight is 156 g/mol. The minimum Gasteiger partial charge on any atom is -0.759 e. The first-order valence-corrected chi connectivity index (χ1v) is 2.93. The highest BCUT2D eigenvalue weighted by molar-refractivity contribution is 5.19. The van der Waals surface area contributed by atoms with E-state index in [9.17, 15) is 10.4 Å². The molecule has 0 N–H and O–H groups in total. The maximum absolute atomic E-state index is 10.7. The van der Waals surface area contributed by atoms with Gasteiger partial charge >= 0.3 is 0 Å². The topological polar surface area (TPSA) is 71.1 Å². The summed E-state index contributed by atoms with van der Waals surface area (Å²) >= 11 is 0. The van der Waals surface area contributed by atoms with Crippen molar-refractivity contribution in [1.82, 2.24) is 10.5 Å². The Hall–Kier alpha value is -1.08. The van der Waals surface area contributed by atoms with Gasteiger partial charge in [-0.1, -0.05) is 0 Å². The minimum absolute atomic E-state index is 0.126. The Labute approximate surface area is 62.0 Å². The fourth-order valence-corrected chi connectivity index (χ4v) is 0.897. The number of hydrogen-bond acceptors (Lipinski definition) is 6. The van der Waals surface area contributed by atoms with Crippen molar-refractivity contribution in [3.05, 3.63) is 34.7 Å². The van der Waals surface area contributed by atoms with Crippen molar-refractivity contribution in [1.29, 1.82) is 0 Å². The standard InChI is InChI=1S/C5H4N2O4/c8-6-4-1-2-10-3-5(4)7(9)11-6/h1-4H/q-2. The molecule has 0 saturated carbocycles. The summed E-state index contributed by atoms with van der Waals surface area (Å²) in [5.41, 5.74) is 0.155. The molecule has 0 bridgehead atoms. The van der Waals surface area contributed by atoms with Crippen LogP contribution in [0, 0.1) is 10.4 Å². The van der Waals surface area contributed by atoms with E-state index in [4.69, 9.17) is 0 Å². The lowest BCUT2D eigenvalue weighted by Crippen LogP contribution is -2.21. The highest BCUT2D eigenvalue weighted by Gasteiger charge is 2.26. The Morgan fingerprint density at radius 2 is 2.27 bits per heavy atom. The number of ether oxygens (including phenoxy) is 1. The third-order valence-electron chi connectivity index (χ3n) is 1.42. The fraction of sp³-hybridized carbons (Fsp3) is 0.200. The van der Waals surface area contributed by atoms with Crippen LogP contribution in [0.15, 0.2) is 24.3 Å². The first kappa shape index (κ1) is 6.62. The highest BCUT2D eigenvalue weighted by Crippen LogP contribution is 2.26. The van der Waals surface area contributed by atoms with Gasteiger partial charge < -0.3 is 15.2 Å². The van der Waals surface area contributed by atoms with E-state index in [1.165, 1.54) is 18.6 Å². The van der Waals surface area contributed by atoms with E-state index < -0.39 is 6.04 Å². The molecule has 2 aliphatic heterocycles. The van der Waals surface area contributed by atoms with Crippen LogP contribution in [0.1, 0.15) is 0 Å². The number of hydrogen-bond donors (Lipinski definition) is 0. The molecule has 0 aromatic carbocycles. The van der Waals surface area contributed by atoms with Gasteiger partial charge in [0.2, 0.25) is 0 Å². The third-order valence-corrected chi connectivity index (χ3v) is 1.42. The molecule has 0 aromatic heterocycles. The number of fused-ring (bicyclic) bond motifs is 1. The van der Waals surface area contributed by atoms with Gasteiger partial charge in [0, 0.05) is 0 Å². The normalized spacial score (nSPS) is 29.8. The molecule has 0 aromatic rings. The second kappa shape index (κ2) is 2.21. The Kier molecular flexibility index (Phi) is 1.33. The SMILES string of the molecule is [O-]N1ON([O-])C2C=COC=C21. The van der Waals surface area contributed by atoms with Crippen LogP contribution >= 0.6 is 0 Å². The molecule has 2 heterocycles. The van der Waals surface area contributed by atoms with Crippen LogP contribution in [0.25, 0.3) is 0 Å². The molecule has 6 heteroatoms. The Bertz CT molecular complexity index is 227. The summed E-state index contributed by atoms with van der Waals surface area (Å²) in [5, 5.41) is 21.7. The lowest BCUT2D eigenvalue weighted by atomic mass is 10.2. The van der Waals surface area contributed by atoms with Crippen LogP contribution in [-0.2, 0) is 9.68 Å². The van der Waals surface area contributed by atoms with E-state index in [0.717, 1.165) is 0 Å². The zero-order chi connectivity index (χ0) is 7.84. The molecular formula is C5H4N2O4-2. The molecule has 2 aliphatic rings. The van der Waals surface area contributed by atoms with Crippen LogP contribution in [-0.4, -0.2) is 16.5 Å². The molecule has 0 spiro atoms. The monoisotopic (exact) mass is 156 g/mol. The van der Waals surface area contributed by atoms with E-state index in [-0.39, 0.29) is 16.2 Å². The van der Waals surface area contributed by atoms with Crippen LogP contribution in [0.3, 0.4) is 0 Å². The zero-order valence-electron chi connectivity index (χ0n) is 5.34. The molecule has 1 fully saturated rings. The van der Waals surface area contributed by atoms with Crippen LogP contribution in [0.5, 0.6) is 0 Å². The van der Waals surface area contributed by atoms with Crippen LogP contribution < -0.4 is 0 Å². The third kappa shape index (κ3) is 0.889. The summed E-state index contributed by atoms with van der Waals surface area (Å²) in [7, 11) is 0. The maximum Gasteiger partial charge on any atom is 0.113 e. The van der Waals surface area contributed by atoms with Gasteiger partial charge in [-0.3, -0.25) is 5.23 Å². The van der Waals surface area contributed by atoms with Gasteiger partial charge in [-0.05, 0) is 6.08 Å². The van der Waals surface area contributed by atoms with Crippen molar-refractivity contribution in [2.45, 2.75) is 6.04 Å². The molecular weight excluding hydrogens is 152 g/mol. The second-order valence-electron chi connectivity index (χ2n) is 2.08. The Morgan fingerprint density at radius 1 is 1.45 bits per heavy atom. The molecule has 11 heavy (non-hydrogen) atoms. The van der Waals surface area contributed by atoms with Gasteiger partial charge in [0.05, 0.1) is 18.0 Å². The molecule has 1 atom stereocenters. The van der Waals surface area contributed by atoms with Crippen molar-refractivity contribution in [3.63, 3.8) is 0 Å². The molecule has 6 nitrogen and oxygen atoms in total. The molecule has 1 saturated heterocycles. The predicted molar refractivity (Wildman–Crippen MR) is 33.6 cm³/mol. The maximum atomic E-state index is 10.7. The smallest absolute Gasteiger partial charge is 0.113 e. The van der Waals surface area contributed by atoms with Gasteiger partial charge in [-0.25, -0.2) is 10.2 Å². The van der Waals surface area contributed by atoms with Gasteiger partial charge in [-0.15, -0.1) is 0 Å². The van der Waals surface area contributed by atoms with Crippen molar-refractivity contribution in [3.8, 4) is 0 Å². The van der Waals surface area contributed by atoms with Gasteiger partial charge in [0.15, 0.2) is 0 Å². The lowest BCUT2D eigenvalue weighted by molar-refractivity contribution is -0.220. The summed E-state index contributed by atoms with van der Waals surface area (Å²) in [5.74, 6) is 0. The molecule has 2 rings (SSSR count). The second-order valence-corrected chi connectivity index (χ2v) is 2.08. The lowest BCUT2D eigenvalue weighted by Gasteiger charge is -2.24. The predicted octanol–water partition coefficient (Wildman–Crippen LogP) is 0.200. The summed E-state index contributed by atoms with van der Waals surface area (Å²) < 4.78 is 4.67. The number of nitrogens with zero attached hydrogens (tertiary/aromatic N) is 2. The Balaban J connectivity index is 2.27. The van der Waals surface area contributed by atoms with Crippen molar-refractivity contribution >= 4 is 0 Å². The zero-order valence-corrected chi connectivity index (χ0v) is 5.34. The summed E-state index contributed by atoms with van der Waals surface area (Å²) in [6.07, 6.45) is 3.93.